The Balaban J connectivity index is 1.50. The second-order valence-corrected chi connectivity index (χ2v) is 8.76. The van der Waals surface area contributed by atoms with Gasteiger partial charge in [0.1, 0.15) is 12.4 Å². The molecule has 3 aromatic carbocycles. The predicted octanol–water partition coefficient (Wildman–Crippen LogP) is 5.94. The summed E-state index contributed by atoms with van der Waals surface area (Å²) in [5, 5.41) is 0. The summed E-state index contributed by atoms with van der Waals surface area (Å²) in [5.41, 5.74) is 3.24. The van der Waals surface area contributed by atoms with E-state index in [4.69, 9.17) is 9.47 Å². The van der Waals surface area contributed by atoms with Crippen LogP contribution in [0.1, 0.15) is 42.7 Å². The lowest BCUT2D eigenvalue weighted by molar-refractivity contribution is -0.120. The monoisotopic (exact) mass is 471 g/mol. The number of hydrogen-bond acceptors (Lipinski definition) is 4. The molecule has 1 heterocycles. The summed E-state index contributed by atoms with van der Waals surface area (Å²) < 4.78 is 26.2. The summed E-state index contributed by atoms with van der Waals surface area (Å²) >= 11 is 0. The van der Waals surface area contributed by atoms with Crippen LogP contribution in [0.5, 0.6) is 11.5 Å². The summed E-state index contributed by atoms with van der Waals surface area (Å²) in [6, 6.07) is 21.6. The van der Waals surface area contributed by atoms with Gasteiger partial charge in [0.2, 0.25) is 5.91 Å². The Hall–Kier alpha value is -3.93. The van der Waals surface area contributed by atoms with Gasteiger partial charge in [0.25, 0.3) is 0 Å². The number of benzene rings is 3. The number of nitrogens with zero attached hydrogens (tertiary/aromatic N) is 1. The Bertz CT molecular complexity index is 1300. The van der Waals surface area contributed by atoms with E-state index in [1.165, 1.54) is 11.0 Å². The van der Waals surface area contributed by atoms with Crippen LogP contribution in [0.3, 0.4) is 0 Å². The molecule has 0 aromatic heterocycles. The Labute approximate surface area is 203 Å². The maximum Gasteiger partial charge on any atom is 0.232 e. The van der Waals surface area contributed by atoms with Crippen LogP contribution in [-0.4, -0.2) is 18.8 Å². The van der Waals surface area contributed by atoms with E-state index >= 15 is 0 Å². The third kappa shape index (κ3) is 4.44. The molecule has 1 aliphatic heterocycles. The van der Waals surface area contributed by atoms with Gasteiger partial charge in [-0.25, -0.2) is 4.39 Å². The smallest absolute Gasteiger partial charge is 0.232 e. The van der Waals surface area contributed by atoms with E-state index in [-0.39, 0.29) is 23.8 Å². The highest BCUT2D eigenvalue weighted by atomic mass is 19.1. The number of ketones is 1. The standard InChI is InChI=1S/C29H26FNO4/c1-34-27-16-20(14-15-26(27)35-18-19-8-3-2-4-9-19)21-17-28(33)31(23-11-6-5-10-22(23)30)24-12-7-13-25(32)29(21)24/h2-6,8-11,14-16,21H,7,12-13,17-18H2,1H3. The molecule has 0 N–H and O–H groups in total. The van der Waals surface area contributed by atoms with Crippen LogP contribution in [0.15, 0.2) is 84.1 Å². The summed E-state index contributed by atoms with van der Waals surface area (Å²) in [7, 11) is 1.57. The molecular formula is C29H26FNO4. The van der Waals surface area contributed by atoms with E-state index in [1.807, 2.05) is 48.5 Å². The molecule has 2 aliphatic rings. The van der Waals surface area contributed by atoms with Gasteiger partial charge in [-0.05, 0) is 48.2 Å². The molecule has 5 nitrogen and oxygen atoms in total. The first-order valence-corrected chi connectivity index (χ1v) is 11.7. The third-order valence-electron chi connectivity index (χ3n) is 6.60. The third-order valence-corrected chi connectivity index (χ3v) is 6.60. The van der Waals surface area contributed by atoms with Crippen molar-refractivity contribution in [2.75, 3.05) is 12.0 Å². The lowest BCUT2D eigenvalue weighted by Crippen LogP contribution is -2.41. The van der Waals surface area contributed by atoms with Crippen molar-refractivity contribution in [2.24, 2.45) is 0 Å². The number of para-hydroxylation sites is 1. The first kappa shape index (κ1) is 22.8. The van der Waals surface area contributed by atoms with Gasteiger partial charge in [-0.1, -0.05) is 48.5 Å². The van der Waals surface area contributed by atoms with E-state index in [2.05, 4.69) is 0 Å². The Morgan fingerprint density at radius 1 is 0.943 bits per heavy atom. The fraction of sp³-hybridized carbons (Fsp3) is 0.241. The number of carbonyl (C=O) groups excluding carboxylic acids is 2. The van der Waals surface area contributed by atoms with Gasteiger partial charge in [0.05, 0.1) is 12.8 Å². The molecule has 35 heavy (non-hydrogen) atoms. The topological polar surface area (TPSA) is 55.8 Å². The van der Waals surface area contributed by atoms with Gasteiger partial charge in [-0.2, -0.15) is 0 Å². The number of amides is 1. The maximum absolute atomic E-state index is 14.6. The van der Waals surface area contributed by atoms with Crippen LogP contribution in [0.25, 0.3) is 0 Å². The molecule has 1 aliphatic carbocycles. The average molecular weight is 472 g/mol. The number of allylic oxidation sites excluding steroid dienone is 2. The van der Waals surface area contributed by atoms with Gasteiger partial charge < -0.3 is 9.47 Å². The molecule has 0 radical (unpaired) electrons. The molecule has 1 atom stereocenters. The van der Waals surface area contributed by atoms with E-state index in [0.717, 1.165) is 11.1 Å². The molecule has 1 unspecified atom stereocenters. The number of anilines is 1. The first-order valence-electron chi connectivity index (χ1n) is 11.7. The highest BCUT2D eigenvalue weighted by Gasteiger charge is 2.40. The summed E-state index contributed by atoms with van der Waals surface area (Å²) in [4.78, 5) is 27.9. The largest absolute Gasteiger partial charge is 0.493 e. The van der Waals surface area contributed by atoms with Crippen molar-refractivity contribution in [1.82, 2.24) is 0 Å². The number of methoxy groups -OCH3 is 1. The highest BCUT2D eigenvalue weighted by molar-refractivity contribution is 6.07. The summed E-state index contributed by atoms with van der Waals surface area (Å²) in [5.74, 6) is 0.00811. The molecule has 3 aromatic rings. The van der Waals surface area contributed by atoms with Gasteiger partial charge in [0, 0.05) is 30.0 Å². The molecule has 0 saturated carbocycles. The van der Waals surface area contributed by atoms with Crippen molar-refractivity contribution in [2.45, 2.75) is 38.2 Å². The average Bonchev–Trinajstić information content (AvgIpc) is 2.88. The molecule has 178 valence electrons. The molecule has 1 amide bonds. The molecule has 0 spiro atoms. The van der Waals surface area contributed by atoms with Crippen LogP contribution in [-0.2, 0) is 16.2 Å². The van der Waals surface area contributed by atoms with Crippen LogP contribution in [0.4, 0.5) is 10.1 Å². The zero-order chi connectivity index (χ0) is 24.4. The van der Waals surface area contributed by atoms with Gasteiger partial charge in [-0.3, -0.25) is 14.5 Å². The molecule has 0 bridgehead atoms. The fourth-order valence-electron chi connectivity index (χ4n) is 4.95. The normalized spacial score (nSPS) is 17.9. The van der Waals surface area contributed by atoms with E-state index < -0.39 is 11.7 Å². The van der Waals surface area contributed by atoms with Crippen molar-refractivity contribution in [3.05, 3.63) is 101 Å². The number of Topliss-reactive ketones (excluding diaryl/α,β-unsaturated/α-hetero) is 1. The zero-order valence-corrected chi connectivity index (χ0v) is 19.5. The van der Waals surface area contributed by atoms with E-state index in [9.17, 15) is 14.0 Å². The van der Waals surface area contributed by atoms with Crippen LogP contribution in [0.2, 0.25) is 0 Å². The minimum Gasteiger partial charge on any atom is -0.493 e. The zero-order valence-electron chi connectivity index (χ0n) is 19.5. The van der Waals surface area contributed by atoms with Crippen molar-refractivity contribution >= 4 is 17.4 Å². The highest BCUT2D eigenvalue weighted by Crippen LogP contribution is 2.45. The number of carbonyl (C=O) groups is 2. The van der Waals surface area contributed by atoms with Crippen LogP contribution < -0.4 is 14.4 Å². The second-order valence-electron chi connectivity index (χ2n) is 8.76. The fourth-order valence-corrected chi connectivity index (χ4v) is 4.95. The minimum absolute atomic E-state index is 0.00783. The number of rotatable bonds is 6. The second kappa shape index (κ2) is 9.74. The number of halogens is 1. The molecular weight excluding hydrogens is 445 g/mol. The maximum atomic E-state index is 14.6. The predicted molar refractivity (Wildman–Crippen MR) is 131 cm³/mol. The summed E-state index contributed by atoms with van der Waals surface area (Å²) in [6.45, 7) is 0.393. The Kier molecular flexibility index (Phi) is 6.36. The quantitative estimate of drug-likeness (QED) is 0.446. The first-order chi connectivity index (χ1) is 17.1. The van der Waals surface area contributed by atoms with Gasteiger partial charge in [0.15, 0.2) is 17.3 Å². The number of hydrogen-bond donors (Lipinski definition) is 0. The molecule has 6 heteroatoms. The van der Waals surface area contributed by atoms with Gasteiger partial charge in [-0.15, -0.1) is 0 Å². The van der Waals surface area contributed by atoms with Crippen LogP contribution >= 0.6 is 0 Å². The Morgan fingerprint density at radius 3 is 2.49 bits per heavy atom. The van der Waals surface area contributed by atoms with Crippen molar-refractivity contribution < 1.29 is 23.5 Å². The Morgan fingerprint density at radius 2 is 1.71 bits per heavy atom. The lowest BCUT2D eigenvalue weighted by Gasteiger charge is -2.38. The van der Waals surface area contributed by atoms with Crippen LogP contribution in [0, 0.1) is 5.82 Å². The van der Waals surface area contributed by atoms with Crippen molar-refractivity contribution in [3.63, 3.8) is 0 Å². The van der Waals surface area contributed by atoms with Crippen molar-refractivity contribution in [3.8, 4) is 11.5 Å². The van der Waals surface area contributed by atoms with Crippen molar-refractivity contribution in [1.29, 1.82) is 0 Å². The SMILES string of the molecule is COc1cc(C2CC(=O)N(c3ccccc3F)C3=C2C(=O)CCC3)ccc1OCc1ccccc1. The lowest BCUT2D eigenvalue weighted by atomic mass is 9.77. The number of ether oxygens (including phenoxy) is 2. The minimum atomic E-state index is -0.481. The molecule has 0 saturated heterocycles. The van der Waals surface area contributed by atoms with Gasteiger partial charge >= 0.3 is 0 Å². The molecule has 0 fully saturated rings. The molecule has 5 rings (SSSR count). The van der Waals surface area contributed by atoms with E-state index in [0.29, 0.717) is 48.6 Å². The van der Waals surface area contributed by atoms with E-state index in [1.54, 1.807) is 25.3 Å². The summed E-state index contributed by atoms with van der Waals surface area (Å²) in [6.07, 6.45) is 1.68.